The van der Waals surface area contributed by atoms with Crippen LogP contribution in [0.4, 0.5) is 4.79 Å². The second kappa shape index (κ2) is 6.08. The molecule has 0 atom stereocenters. The third-order valence-corrected chi connectivity index (χ3v) is 3.04. The summed E-state index contributed by atoms with van der Waals surface area (Å²) in [6.07, 6.45) is -0.608. The number of nitrogens with one attached hydrogen (secondary N) is 1. The molecule has 0 aromatic rings. The van der Waals surface area contributed by atoms with Gasteiger partial charge in [-0.2, -0.15) is 4.99 Å². The molecular weight excluding hydrogens is 254 g/mol. The Morgan fingerprint density at radius 3 is 2.67 bits per heavy atom. The normalized spacial score (nSPS) is 18.0. The molecule has 6 nitrogen and oxygen atoms in total. The molecule has 0 aromatic carbocycles. The van der Waals surface area contributed by atoms with Crippen LogP contribution >= 0.6 is 11.8 Å². The van der Waals surface area contributed by atoms with Crippen LogP contribution in [0.15, 0.2) is 4.99 Å². The summed E-state index contributed by atoms with van der Waals surface area (Å²) < 4.78 is 5.01. The lowest BCUT2D eigenvalue weighted by atomic mass is 10.2. The molecule has 0 aliphatic carbocycles. The van der Waals surface area contributed by atoms with Gasteiger partial charge in [0.05, 0.1) is 0 Å². The van der Waals surface area contributed by atoms with E-state index in [-0.39, 0.29) is 12.5 Å². The van der Waals surface area contributed by atoms with Gasteiger partial charge in [0, 0.05) is 19.3 Å². The third kappa shape index (κ3) is 5.39. The summed E-state index contributed by atoms with van der Waals surface area (Å²) in [6, 6.07) is 0. The second-order valence-electron chi connectivity index (χ2n) is 4.91. The SMILES string of the molecule is CN1CCSC1=NC(=O)CNC(=O)OC(C)(C)C. The number of hydrogen-bond donors (Lipinski definition) is 1. The lowest BCUT2D eigenvalue weighted by Gasteiger charge is -2.19. The van der Waals surface area contributed by atoms with Crippen LogP contribution in [0, 0.1) is 0 Å². The van der Waals surface area contributed by atoms with Gasteiger partial charge >= 0.3 is 6.09 Å². The molecule has 18 heavy (non-hydrogen) atoms. The van der Waals surface area contributed by atoms with E-state index in [4.69, 9.17) is 4.74 Å². The van der Waals surface area contributed by atoms with E-state index < -0.39 is 11.7 Å². The van der Waals surface area contributed by atoms with Crippen molar-refractivity contribution >= 4 is 28.9 Å². The molecule has 102 valence electrons. The number of carbonyl (C=O) groups excluding carboxylic acids is 2. The highest BCUT2D eigenvalue weighted by atomic mass is 32.2. The minimum Gasteiger partial charge on any atom is -0.444 e. The molecule has 0 saturated carbocycles. The smallest absolute Gasteiger partial charge is 0.408 e. The highest BCUT2D eigenvalue weighted by Crippen LogP contribution is 2.15. The Hall–Kier alpha value is -1.24. The van der Waals surface area contributed by atoms with Crippen molar-refractivity contribution in [3.05, 3.63) is 0 Å². The predicted molar refractivity (Wildman–Crippen MR) is 71.8 cm³/mol. The molecular formula is C11H19N3O3S. The Labute approximate surface area is 111 Å². The topological polar surface area (TPSA) is 71.0 Å². The average molecular weight is 273 g/mol. The number of amidine groups is 1. The van der Waals surface area contributed by atoms with Gasteiger partial charge in [0.2, 0.25) is 0 Å². The van der Waals surface area contributed by atoms with Gasteiger partial charge in [-0.15, -0.1) is 0 Å². The maximum atomic E-state index is 11.5. The summed E-state index contributed by atoms with van der Waals surface area (Å²) in [5, 5.41) is 3.08. The van der Waals surface area contributed by atoms with E-state index in [0.717, 1.165) is 12.3 Å². The predicted octanol–water partition coefficient (Wildman–Crippen LogP) is 1.07. The van der Waals surface area contributed by atoms with Crippen molar-refractivity contribution in [1.29, 1.82) is 0 Å². The van der Waals surface area contributed by atoms with Crippen molar-refractivity contribution in [2.75, 3.05) is 25.9 Å². The standard InChI is InChI=1S/C11H19N3O3S/c1-11(2,3)17-10(16)12-7-8(15)13-9-14(4)5-6-18-9/h5-7H2,1-4H3,(H,12,16). The molecule has 0 radical (unpaired) electrons. The third-order valence-electron chi connectivity index (χ3n) is 1.99. The van der Waals surface area contributed by atoms with Crippen LogP contribution in [-0.4, -0.2) is 53.6 Å². The molecule has 1 aliphatic heterocycles. The number of carbonyl (C=O) groups is 2. The number of ether oxygens (including phenoxy) is 1. The summed E-state index contributed by atoms with van der Waals surface area (Å²) in [6.45, 7) is 6.03. The lowest BCUT2D eigenvalue weighted by molar-refractivity contribution is -0.117. The molecule has 0 unspecified atom stereocenters. The Balaban J connectivity index is 2.35. The fraction of sp³-hybridized carbons (Fsp3) is 0.727. The van der Waals surface area contributed by atoms with E-state index in [1.54, 1.807) is 20.8 Å². The van der Waals surface area contributed by atoms with Crippen LogP contribution in [0.2, 0.25) is 0 Å². The lowest BCUT2D eigenvalue weighted by Crippen LogP contribution is -2.35. The number of nitrogens with zero attached hydrogens (tertiary/aromatic N) is 2. The van der Waals surface area contributed by atoms with Crippen molar-refractivity contribution in [1.82, 2.24) is 10.2 Å². The summed E-state index contributed by atoms with van der Waals surface area (Å²) in [4.78, 5) is 28.7. The minimum atomic E-state index is -0.608. The van der Waals surface area contributed by atoms with Crippen LogP contribution in [0.5, 0.6) is 0 Å². The molecule has 0 spiro atoms. The van der Waals surface area contributed by atoms with E-state index in [1.807, 2.05) is 11.9 Å². The van der Waals surface area contributed by atoms with E-state index in [2.05, 4.69) is 10.3 Å². The summed E-state index contributed by atoms with van der Waals surface area (Å²) in [7, 11) is 1.88. The Bertz CT molecular complexity index is 363. The summed E-state index contributed by atoms with van der Waals surface area (Å²) in [5.74, 6) is 0.555. The molecule has 0 bridgehead atoms. The van der Waals surface area contributed by atoms with Crippen molar-refractivity contribution in [2.24, 2.45) is 4.99 Å². The zero-order chi connectivity index (χ0) is 13.8. The van der Waals surface area contributed by atoms with Crippen LogP contribution < -0.4 is 5.32 Å². The van der Waals surface area contributed by atoms with Gasteiger partial charge in [0.15, 0.2) is 5.17 Å². The maximum Gasteiger partial charge on any atom is 0.408 e. The van der Waals surface area contributed by atoms with Gasteiger partial charge in [0.1, 0.15) is 12.1 Å². The van der Waals surface area contributed by atoms with E-state index in [1.165, 1.54) is 11.8 Å². The van der Waals surface area contributed by atoms with E-state index in [9.17, 15) is 9.59 Å². The van der Waals surface area contributed by atoms with Crippen molar-refractivity contribution in [3.8, 4) is 0 Å². The molecule has 1 aliphatic rings. The monoisotopic (exact) mass is 273 g/mol. The molecule has 1 rings (SSSR count). The summed E-state index contributed by atoms with van der Waals surface area (Å²) >= 11 is 1.53. The van der Waals surface area contributed by atoms with Crippen LogP contribution in [-0.2, 0) is 9.53 Å². The number of hydrogen-bond acceptors (Lipinski definition) is 4. The maximum absolute atomic E-state index is 11.5. The fourth-order valence-electron chi connectivity index (χ4n) is 1.21. The zero-order valence-corrected chi connectivity index (χ0v) is 12.0. The van der Waals surface area contributed by atoms with E-state index >= 15 is 0 Å². The fourth-order valence-corrected chi connectivity index (χ4v) is 2.23. The molecule has 0 aromatic heterocycles. The first kappa shape index (κ1) is 14.8. The number of aliphatic imine (C=N–C) groups is 1. The van der Waals surface area contributed by atoms with Crippen molar-refractivity contribution in [2.45, 2.75) is 26.4 Å². The molecule has 1 saturated heterocycles. The Kier molecular flexibility index (Phi) is 5.01. The average Bonchev–Trinajstić information content (AvgIpc) is 2.59. The Morgan fingerprint density at radius 2 is 2.17 bits per heavy atom. The second-order valence-corrected chi connectivity index (χ2v) is 5.98. The van der Waals surface area contributed by atoms with Gasteiger partial charge in [-0.25, -0.2) is 4.79 Å². The van der Waals surface area contributed by atoms with Gasteiger partial charge in [-0.05, 0) is 20.8 Å². The van der Waals surface area contributed by atoms with Gasteiger partial charge in [-0.3, -0.25) is 4.79 Å². The molecule has 2 amide bonds. The first-order valence-corrected chi connectivity index (χ1v) is 6.69. The minimum absolute atomic E-state index is 0.146. The molecule has 1 heterocycles. The molecule has 1 N–H and O–H groups in total. The van der Waals surface area contributed by atoms with Gasteiger partial charge in [-0.1, -0.05) is 11.8 Å². The van der Waals surface area contributed by atoms with Crippen LogP contribution in [0.3, 0.4) is 0 Å². The molecule has 1 fully saturated rings. The van der Waals surface area contributed by atoms with Crippen LogP contribution in [0.25, 0.3) is 0 Å². The highest BCUT2D eigenvalue weighted by Gasteiger charge is 2.18. The number of rotatable bonds is 2. The highest BCUT2D eigenvalue weighted by molar-refractivity contribution is 8.14. The molecule has 7 heteroatoms. The van der Waals surface area contributed by atoms with E-state index in [0.29, 0.717) is 5.17 Å². The first-order valence-electron chi connectivity index (χ1n) is 5.70. The number of alkyl carbamates (subject to hydrolysis) is 1. The first-order chi connectivity index (χ1) is 8.28. The Morgan fingerprint density at radius 1 is 1.50 bits per heavy atom. The largest absolute Gasteiger partial charge is 0.444 e. The van der Waals surface area contributed by atoms with Gasteiger partial charge in [0.25, 0.3) is 5.91 Å². The van der Waals surface area contributed by atoms with Crippen LogP contribution in [0.1, 0.15) is 20.8 Å². The quantitative estimate of drug-likeness (QED) is 0.815. The van der Waals surface area contributed by atoms with Crippen molar-refractivity contribution < 1.29 is 14.3 Å². The summed E-state index contributed by atoms with van der Waals surface area (Å²) in [5.41, 5.74) is -0.569. The number of thioether (sulfide) groups is 1. The number of amides is 2. The van der Waals surface area contributed by atoms with Gasteiger partial charge < -0.3 is 15.0 Å². The zero-order valence-electron chi connectivity index (χ0n) is 11.1. The van der Waals surface area contributed by atoms with Crippen molar-refractivity contribution in [3.63, 3.8) is 0 Å².